The maximum atomic E-state index is 13.0. The van der Waals surface area contributed by atoms with Crippen LogP contribution in [0, 0.1) is 11.8 Å². The number of hydrogen-bond donors (Lipinski definition) is 1. The van der Waals surface area contributed by atoms with Crippen molar-refractivity contribution < 1.29 is 9.90 Å². The van der Waals surface area contributed by atoms with E-state index in [2.05, 4.69) is 43.1 Å². The van der Waals surface area contributed by atoms with Crippen molar-refractivity contribution in [1.82, 2.24) is 9.80 Å². The van der Waals surface area contributed by atoms with Gasteiger partial charge in [-0.05, 0) is 36.4 Å². The van der Waals surface area contributed by atoms with Crippen LogP contribution in [0.1, 0.15) is 24.5 Å². The summed E-state index contributed by atoms with van der Waals surface area (Å²) in [5.41, 5.74) is 2.38. The van der Waals surface area contributed by atoms with Gasteiger partial charge in [-0.2, -0.15) is 0 Å². The van der Waals surface area contributed by atoms with E-state index < -0.39 is 0 Å². The Labute approximate surface area is 175 Å². The van der Waals surface area contributed by atoms with Crippen molar-refractivity contribution in [2.75, 3.05) is 33.3 Å². The molecular formula is C25H34N2O2. The maximum absolute atomic E-state index is 13.0. The van der Waals surface area contributed by atoms with E-state index in [0.717, 1.165) is 38.0 Å². The number of rotatable bonds is 9. The number of likely N-dealkylation sites (N-methyl/N-ethyl adjacent to an activating group) is 1. The molecule has 0 spiro atoms. The Morgan fingerprint density at radius 1 is 1.07 bits per heavy atom. The summed E-state index contributed by atoms with van der Waals surface area (Å²) in [6, 6.07) is 20.3. The Morgan fingerprint density at radius 3 is 2.28 bits per heavy atom. The molecule has 1 saturated heterocycles. The molecule has 0 aromatic heterocycles. The highest BCUT2D eigenvalue weighted by Crippen LogP contribution is 2.33. The number of aliphatic hydroxyl groups is 1. The van der Waals surface area contributed by atoms with Crippen molar-refractivity contribution in [3.63, 3.8) is 0 Å². The van der Waals surface area contributed by atoms with Gasteiger partial charge in [-0.15, -0.1) is 0 Å². The summed E-state index contributed by atoms with van der Waals surface area (Å²) in [6.45, 7) is 4.87. The highest BCUT2D eigenvalue weighted by Gasteiger charge is 2.42. The second-order valence-corrected chi connectivity index (χ2v) is 8.29. The van der Waals surface area contributed by atoms with Crippen LogP contribution in [0.25, 0.3) is 0 Å². The number of amides is 1. The number of carbonyl (C=O) groups excluding carboxylic acids is 1. The molecule has 3 atom stereocenters. The van der Waals surface area contributed by atoms with Crippen molar-refractivity contribution in [3.8, 4) is 0 Å². The number of hydrogen-bond acceptors (Lipinski definition) is 3. The Morgan fingerprint density at radius 2 is 1.69 bits per heavy atom. The van der Waals surface area contributed by atoms with Crippen molar-refractivity contribution >= 4 is 5.91 Å². The number of benzene rings is 2. The molecule has 0 unspecified atom stereocenters. The van der Waals surface area contributed by atoms with E-state index in [9.17, 15) is 9.90 Å². The Hall–Kier alpha value is -2.17. The first-order valence-electron chi connectivity index (χ1n) is 10.8. The zero-order valence-corrected chi connectivity index (χ0v) is 17.7. The standard InChI is InChI=1S/C25H34N2O2/c1-3-22-17-27(25(29)16-21-12-8-5-9-13-21)24(19-28)23(22)18-26(2)15-14-20-10-6-4-7-11-20/h4-13,22-24,28H,3,14-19H2,1-2H3/t22-,23-,24-/m1/s1. The predicted octanol–water partition coefficient (Wildman–Crippen LogP) is 3.25. The minimum Gasteiger partial charge on any atom is -0.394 e. The van der Waals surface area contributed by atoms with E-state index >= 15 is 0 Å². The van der Waals surface area contributed by atoms with Gasteiger partial charge in [0.15, 0.2) is 0 Å². The molecule has 0 radical (unpaired) electrons. The highest BCUT2D eigenvalue weighted by molar-refractivity contribution is 5.79. The number of aliphatic hydroxyl groups excluding tert-OH is 1. The third-order valence-electron chi connectivity index (χ3n) is 6.31. The van der Waals surface area contributed by atoms with Crippen LogP contribution >= 0.6 is 0 Å². The van der Waals surface area contributed by atoms with Crippen LogP contribution < -0.4 is 0 Å². The van der Waals surface area contributed by atoms with Crippen LogP contribution in [0.4, 0.5) is 0 Å². The van der Waals surface area contributed by atoms with Crippen LogP contribution in [-0.2, 0) is 17.6 Å². The number of carbonyl (C=O) groups is 1. The van der Waals surface area contributed by atoms with Gasteiger partial charge >= 0.3 is 0 Å². The van der Waals surface area contributed by atoms with Crippen LogP contribution in [0.5, 0.6) is 0 Å². The molecule has 1 heterocycles. The molecule has 0 bridgehead atoms. The van der Waals surface area contributed by atoms with Crippen LogP contribution in [-0.4, -0.2) is 60.1 Å². The van der Waals surface area contributed by atoms with E-state index in [4.69, 9.17) is 0 Å². The predicted molar refractivity (Wildman–Crippen MR) is 118 cm³/mol. The van der Waals surface area contributed by atoms with Gasteiger partial charge in [0.25, 0.3) is 0 Å². The Balaban J connectivity index is 1.61. The fraction of sp³-hybridized carbons (Fsp3) is 0.480. The Kier molecular flexibility index (Phi) is 7.84. The SMILES string of the molecule is CC[C@@H]1CN(C(=O)Cc2ccccc2)[C@H](CO)[C@@H]1CN(C)CCc1ccccc1. The number of likely N-dealkylation sites (tertiary alicyclic amines) is 1. The molecule has 1 fully saturated rings. The lowest BCUT2D eigenvalue weighted by atomic mass is 9.88. The quantitative estimate of drug-likeness (QED) is 0.710. The summed E-state index contributed by atoms with van der Waals surface area (Å²) >= 11 is 0. The Bertz CT molecular complexity index is 750. The molecule has 1 N–H and O–H groups in total. The normalized spacial score (nSPS) is 21.7. The fourth-order valence-electron chi connectivity index (χ4n) is 4.58. The monoisotopic (exact) mass is 394 g/mol. The smallest absolute Gasteiger partial charge is 0.227 e. The van der Waals surface area contributed by atoms with E-state index in [1.807, 2.05) is 41.3 Å². The topological polar surface area (TPSA) is 43.8 Å². The number of nitrogens with zero attached hydrogens (tertiary/aromatic N) is 2. The molecule has 156 valence electrons. The summed E-state index contributed by atoms with van der Waals surface area (Å²) < 4.78 is 0. The lowest BCUT2D eigenvalue weighted by molar-refractivity contribution is -0.132. The first-order chi connectivity index (χ1) is 14.1. The van der Waals surface area contributed by atoms with Gasteiger partial charge in [0.2, 0.25) is 5.91 Å². The van der Waals surface area contributed by atoms with Crippen molar-refractivity contribution in [3.05, 3.63) is 71.8 Å². The lowest BCUT2D eigenvalue weighted by Gasteiger charge is -2.30. The largest absolute Gasteiger partial charge is 0.394 e. The molecule has 1 amide bonds. The third-order valence-corrected chi connectivity index (χ3v) is 6.31. The first kappa shape index (κ1) is 21.5. The molecule has 1 aliphatic heterocycles. The summed E-state index contributed by atoms with van der Waals surface area (Å²) in [5.74, 6) is 0.875. The fourth-order valence-corrected chi connectivity index (χ4v) is 4.58. The van der Waals surface area contributed by atoms with Crippen LogP contribution in [0.3, 0.4) is 0 Å². The molecular weight excluding hydrogens is 360 g/mol. The molecule has 0 aliphatic carbocycles. The van der Waals surface area contributed by atoms with Crippen molar-refractivity contribution in [1.29, 1.82) is 0 Å². The molecule has 3 rings (SSSR count). The minimum atomic E-state index is -0.0877. The van der Waals surface area contributed by atoms with Crippen LogP contribution in [0.2, 0.25) is 0 Å². The molecule has 4 heteroatoms. The van der Waals surface area contributed by atoms with E-state index in [1.54, 1.807) is 0 Å². The first-order valence-corrected chi connectivity index (χ1v) is 10.8. The zero-order chi connectivity index (χ0) is 20.6. The molecule has 4 nitrogen and oxygen atoms in total. The van der Waals surface area contributed by atoms with Gasteiger partial charge in [-0.25, -0.2) is 0 Å². The van der Waals surface area contributed by atoms with Crippen molar-refractivity contribution in [2.45, 2.75) is 32.2 Å². The van der Waals surface area contributed by atoms with Gasteiger partial charge < -0.3 is 14.9 Å². The molecule has 1 aliphatic rings. The summed E-state index contributed by atoms with van der Waals surface area (Å²) in [4.78, 5) is 17.3. The zero-order valence-electron chi connectivity index (χ0n) is 17.7. The second kappa shape index (κ2) is 10.6. The highest BCUT2D eigenvalue weighted by atomic mass is 16.3. The average molecular weight is 395 g/mol. The van der Waals surface area contributed by atoms with Gasteiger partial charge in [-0.3, -0.25) is 4.79 Å². The molecule has 29 heavy (non-hydrogen) atoms. The van der Waals surface area contributed by atoms with Crippen LogP contribution in [0.15, 0.2) is 60.7 Å². The van der Waals surface area contributed by atoms with Gasteiger partial charge in [-0.1, -0.05) is 74.0 Å². The van der Waals surface area contributed by atoms with Crippen molar-refractivity contribution in [2.24, 2.45) is 11.8 Å². The maximum Gasteiger partial charge on any atom is 0.227 e. The summed E-state index contributed by atoms with van der Waals surface area (Å²) in [7, 11) is 2.15. The molecule has 0 saturated carbocycles. The van der Waals surface area contributed by atoms with E-state index in [-0.39, 0.29) is 18.6 Å². The van der Waals surface area contributed by atoms with Gasteiger partial charge in [0.05, 0.1) is 19.1 Å². The van der Waals surface area contributed by atoms with Gasteiger partial charge in [0, 0.05) is 19.6 Å². The van der Waals surface area contributed by atoms with Gasteiger partial charge in [0.1, 0.15) is 0 Å². The lowest BCUT2D eigenvalue weighted by Crippen LogP contribution is -2.43. The minimum absolute atomic E-state index is 0.0359. The molecule has 2 aromatic carbocycles. The average Bonchev–Trinajstić information content (AvgIpc) is 3.11. The van der Waals surface area contributed by atoms with E-state index in [0.29, 0.717) is 18.3 Å². The van der Waals surface area contributed by atoms with E-state index in [1.165, 1.54) is 5.56 Å². The summed E-state index contributed by atoms with van der Waals surface area (Å²) in [6.07, 6.45) is 2.45. The second-order valence-electron chi connectivity index (χ2n) is 8.29. The summed E-state index contributed by atoms with van der Waals surface area (Å²) in [5, 5.41) is 10.1. The molecule has 2 aromatic rings. The third kappa shape index (κ3) is 5.68.